The maximum absolute atomic E-state index is 5.69. The van der Waals surface area contributed by atoms with Gasteiger partial charge in [0.15, 0.2) is 0 Å². The van der Waals surface area contributed by atoms with E-state index in [0.29, 0.717) is 33.0 Å². The zero-order valence-electron chi connectivity index (χ0n) is 11.7. The number of rotatable bonds is 10. The fourth-order valence-electron chi connectivity index (χ4n) is 1.57. The van der Waals surface area contributed by atoms with Crippen LogP contribution in [0.2, 0.25) is 0 Å². The van der Waals surface area contributed by atoms with Crippen LogP contribution in [0, 0.1) is 0 Å². The molecule has 0 spiro atoms. The fraction of sp³-hybridized carbons (Fsp3) is 0.571. The zero-order chi connectivity index (χ0) is 13.9. The lowest BCUT2D eigenvalue weighted by Crippen LogP contribution is -2.08. The van der Waals surface area contributed by atoms with E-state index in [-0.39, 0.29) is 0 Å². The topological polar surface area (TPSA) is 62.9 Å². The smallest absolute Gasteiger partial charge is 0.124 e. The van der Waals surface area contributed by atoms with Crippen molar-refractivity contribution in [2.24, 2.45) is 5.73 Å². The lowest BCUT2D eigenvalue weighted by molar-refractivity contribution is 0.0644. The summed E-state index contributed by atoms with van der Waals surface area (Å²) in [5.41, 5.74) is 6.63. The van der Waals surface area contributed by atoms with Crippen molar-refractivity contribution in [2.75, 3.05) is 40.6 Å². The highest BCUT2D eigenvalue weighted by atomic mass is 16.5. The van der Waals surface area contributed by atoms with Gasteiger partial charge in [0.05, 0.1) is 26.9 Å². The maximum atomic E-state index is 5.69. The van der Waals surface area contributed by atoms with Gasteiger partial charge in [-0.25, -0.2) is 0 Å². The minimum absolute atomic E-state index is 0.427. The average Bonchev–Trinajstić information content (AvgIpc) is 2.46. The second kappa shape index (κ2) is 9.61. The Morgan fingerprint density at radius 1 is 1.05 bits per heavy atom. The first-order valence-corrected chi connectivity index (χ1v) is 6.38. The van der Waals surface area contributed by atoms with E-state index in [9.17, 15) is 0 Å². The summed E-state index contributed by atoms with van der Waals surface area (Å²) >= 11 is 0. The van der Waals surface area contributed by atoms with Gasteiger partial charge < -0.3 is 24.7 Å². The van der Waals surface area contributed by atoms with Crippen LogP contribution < -0.4 is 15.2 Å². The molecule has 2 N–H and O–H groups in total. The average molecular weight is 269 g/mol. The molecule has 0 amide bonds. The van der Waals surface area contributed by atoms with E-state index in [1.165, 1.54) is 0 Å². The lowest BCUT2D eigenvalue weighted by Gasteiger charge is -2.12. The Bertz CT molecular complexity index is 357. The normalized spacial score (nSPS) is 10.5. The molecule has 0 aliphatic carbocycles. The summed E-state index contributed by atoms with van der Waals surface area (Å²) in [7, 11) is 3.29. The van der Waals surface area contributed by atoms with E-state index in [2.05, 4.69) is 0 Å². The molecule has 1 aromatic carbocycles. The van der Waals surface area contributed by atoms with Gasteiger partial charge in [-0.05, 0) is 18.2 Å². The monoisotopic (exact) mass is 269 g/mol. The van der Waals surface area contributed by atoms with Gasteiger partial charge in [-0.3, -0.25) is 0 Å². The Morgan fingerprint density at radius 3 is 2.58 bits per heavy atom. The third kappa shape index (κ3) is 5.92. The van der Waals surface area contributed by atoms with E-state index >= 15 is 0 Å². The highest BCUT2D eigenvalue weighted by Crippen LogP contribution is 2.23. The molecule has 5 nitrogen and oxygen atoms in total. The standard InChI is InChI=1S/C14H23NO4/c1-16-8-9-18-6-3-7-19-14-5-4-13(17-2)10-12(14)11-15/h4-5,10H,3,6-9,11,15H2,1-2H3. The Hall–Kier alpha value is -1.30. The first kappa shape index (κ1) is 15.8. The number of ether oxygens (including phenoxy) is 4. The molecule has 0 heterocycles. The molecule has 5 heteroatoms. The summed E-state index contributed by atoms with van der Waals surface area (Å²) in [5.74, 6) is 1.59. The van der Waals surface area contributed by atoms with Gasteiger partial charge in [0, 0.05) is 32.2 Å². The molecule has 0 bridgehead atoms. The van der Waals surface area contributed by atoms with Crippen molar-refractivity contribution in [3.05, 3.63) is 23.8 Å². The molecule has 0 aliphatic rings. The SMILES string of the molecule is COCCOCCCOc1ccc(OC)cc1CN. The molecule has 0 aromatic heterocycles. The van der Waals surface area contributed by atoms with E-state index in [0.717, 1.165) is 23.5 Å². The van der Waals surface area contributed by atoms with Crippen LogP contribution in [0.5, 0.6) is 11.5 Å². The molecule has 0 atom stereocenters. The van der Waals surface area contributed by atoms with Crippen LogP contribution in [0.25, 0.3) is 0 Å². The molecule has 19 heavy (non-hydrogen) atoms. The third-order valence-electron chi connectivity index (χ3n) is 2.61. The summed E-state index contributed by atoms with van der Waals surface area (Å²) in [6.07, 6.45) is 0.833. The Labute approximate surface area is 114 Å². The first-order valence-electron chi connectivity index (χ1n) is 6.38. The van der Waals surface area contributed by atoms with Crippen LogP contribution >= 0.6 is 0 Å². The first-order chi connectivity index (χ1) is 9.31. The van der Waals surface area contributed by atoms with Crippen molar-refractivity contribution >= 4 is 0 Å². The number of nitrogens with two attached hydrogens (primary N) is 1. The molecule has 0 radical (unpaired) electrons. The fourth-order valence-corrected chi connectivity index (χ4v) is 1.57. The minimum atomic E-state index is 0.427. The maximum Gasteiger partial charge on any atom is 0.124 e. The van der Waals surface area contributed by atoms with Crippen molar-refractivity contribution in [3.63, 3.8) is 0 Å². The second-order valence-electron chi connectivity index (χ2n) is 3.98. The Balaban J connectivity index is 2.28. The third-order valence-corrected chi connectivity index (χ3v) is 2.61. The van der Waals surface area contributed by atoms with Gasteiger partial charge in [0.25, 0.3) is 0 Å². The van der Waals surface area contributed by atoms with Crippen LogP contribution in [0.15, 0.2) is 18.2 Å². The van der Waals surface area contributed by atoms with E-state index in [1.807, 2.05) is 18.2 Å². The van der Waals surface area contributed by atoms with Crippen LogP contribution in [0.4, 0.5) is 0 Å². The molecule has 0 unspecified atom stereocenters. The number of hydrogen-bond donors (Lipinski definition) is 1. The molecule has 0 aliphatic heterocycles. The highest BCUT2D eigenvalue weighted by molar-refractivity contribution is 5.40. The van der Waals surface area contributed by atoms with Crippen molar-refractivity contribution in [2.45, 2.75) is 13.0 Å². The van der Waals surface area contributed by atoms with Gasteiger partial charge in [0.2, 0.25) is 0 Å². The number of benzene rings is 1. The van der Waals surface area contributed by atoms with Gasteiger partial charge >= 0.3 is 0 Å². The minimum Gasteiger partial charge on any atom is -0.497 e. The van der Waals surface area contributed by atoms with Crippen molar-refractivity contribution in [1.29, 1.82) is 0 Å². The number of methoxy groups -OCH3 is 2. The lowest BCUT2D eigenvalue weighted by atomic mass is 10.2. The quantitative estimate of drug-likeness (QED) is 0.653. The highest BCUT2D eigenvalue weighted by Gasteiger charge is 2.04. The number of hydrogen-bond acceptors (Lipinski definition) is 5. The van der Waals surface area contributed by atoms with Crippen molar-refractivity contribution < 1.29 is 18.9 Å². The Kier molecular flexibility index (Phi) is 7.97. The van der Waals surface area contributed by atoms with E-state index in [4.69, 9.17) is 24.7 Å². The summed E-state index contributed by atoms with van der Waals surface area (Å²) in [6.45, 7) is 2.93. The Morgan fingerprint density at radius 2 is 1.89 bits per heavy atom. The van der Waals surface area contributed by atoms with Crippen LogP contribution in [-0.4, -0.2) is 40.6 Å². The summed E-state index contributed by atoms with van der Waals surface area (Å²) < 4.78 is 21.1. The molecule has 108 valence electrons. The second-order valence-corrected chi connectivity index (χ2v) is 3.98. The summed E-state index contributed by atoms with van der Waals surface area (Å²) in [5, 5.41) is 0. The molecule has 1 aromatic rings. The molecule has 1 rings (SSSR count). The van der Waals surface area contributed by atoms with Crippen molar-refractivity contribution in [1.82, 2.24) is 0 Å². The van der Waals surface area contributed by atoms with E-state index < -0.39 is 0 Å². The molecular formula is C14H23NO4. The molecular weight excluding hydrogens is 246 g/mol. The molecule has 0 fully saturated rings. The van der Waals surface area contributed by atoms with Crippen LogP contribution in [-0.2, 0) is 16.0 Å². The van der Waals surface area contributed by atoms with Gasteiger partial charge in [-0.15, -0.1) is 0 Å². The summed E-state index contributed by atoms with van der Waals surface area (Å²) in [4.78, 5) is 0. The van der Waals surface area contributed by atoms with Gasteiger partial charge in [0.1, 0.15) is 11.5 Å². The zero-order valence-corrected chi connectivity index (χ0v) is 11.7. The predicted octanol–water partition coefficient (Wildman–Crippen LogP) is 1.59. The van der Waals surface area contributed by atoms with Crippen LogP contribution in [0.3, 0.4) is 0 Å². The largest absolute Gasteiger partial charge is 0.497 e. The predicted molar refractivity (Wildman–Crippen MR) is 73.7 cm³/mol. The molecule has 0 saturated heterocycles. The van der Waals surface area contributed by atoms with Gasteiger partial charge in [-0.1, -0.05) is 0 Å². The van der Waals surface area contributed by atoms with Crippen molar-refractivity contribution in [3.8, 4) is 11.5 Å². The van der Waals surface area contributed by atoms with Gasteiger partial charge in [-0.2, -0.15) is 0 Å². The van der Waals surface area contributed by atoms with E-state index in [1.54, 1.807) is 14.2 Å². The van der Waals surface area contributed by atoms with Crippen LogP contribution in [0.1, 0.15) is 12.0 Å². The molecule has 0 saturated carbocycles. The summed E-state index contributed by atoms with van der Waals surface area (Å²) in [6, 6.07) is 5.64.